The van der Waals surface area contributed by atoms with Crippen molar-refractivity contribution in [2.24, 2.45) is 4.99 Å². The number of nitrogens with zero attached hydrogens (tertiary/aromatic N) is 4. The number of aliphatic imine (C=N–C) groups is 1. The van der Waals surface area contributed by atoms with Gasteiger partial charge in [0, 0.05) is 55.6 Å². The number of piperazine rings is 1. The quantitative estimate of drug-likeness (QED) is 0.610. The number of anilines is 1. The van der Waals surface area contributed by atoms with Gasteiger partial charge in [-0.25, -0.2) is 9.98 Å². The number of ether oxygens (including phenoxy) is 1. The van der Waals surface area contributed by atoms with Gasteiger partial charge in [-0.3, -0.25) is 0 Å². The Morgan fingerprint density at radius 1 is 1.26 bits per heavy atom. The van der Waals surface area contributed by atoms with E-state index in [1.165, 1.54) is 10.6 Å². The van der Waals surface area contributed by atoms with Crippen LogP contribution in [-0.2, 0) is 13.0 Å². The second-order valence-electron chi connectivity index (χ2n) is 6.42. The summed E-state index contributed by atoms with van der Waals surface area (Å²) in [5.74, 6) is 1.88. The predicted molar refractivity (Wildman–Crippen MR) is 113 cm³/mol. The van der Waals surface area contributed by atoms with Crippen LogP contribution in [0.4, 0.5) is 5.69 Å². The molecule has 146 valence electrons. The average Bonchev–Trinajstić information content (AvgIpc) is 3.19. The normalized spacial score (nSPS) is 15.1. The largest absolute Gasteiger partial charge is 0.497 e. The molecule has 1 aromatic carbocycles. The molecule has 2 aromatic rings. The highest BCUT2D eigenvalue weighted by Crippen LogP contribution is 2.22. The van der Waals surface area contributed by atoms with Crippen LogP contribution in [0.1, 0.15) is 23.7 Å². The maximum atomic E-state index is 5.35. The predicted octanol–water partition coefficient (Wildman–Crippen LogP) is 3.00. The van der Waals surface area contributed by atoms with Gasteiger partial charge in [0.25, 0.3) is 0 Å². The van der Waals surface area contributed by atoms with Crippen LogP contribution in [0.3, 0.4) is 0 Å². The van der Waals surface area contributed by atoms with Crippen molar-refractivity contribution in [3.8, 4) is 5.75 Å². The Balaban J connectivity index is 1.61. The first-order valence-electron chi connectivity index (χ1n) is 9.59. The van der Waals surface area contributed by atoms with Crippen molar-refractivity contribution in [1.29, 1.82) is 0 Å². The highest BCUT2D eigenvalue weighted by atomic mass is 32.1. The van der Waals surface area contributed by atoms with Gasteiger partial charge in [-0.15, -0.1) is 11.3 Å². The minimum absolute atomic E-state index is 0.642. The molecule has 0 saturated carbocycles. The van der Waals surface area contributed by atoms with Crippen molar-refractivity contribution in [3.63, 3.8) is 0 Å². The summed E-state index contributed by atoms with van der Waals surface area (Å²) in [5.41, 5.74) is 1.21. The number of rotatable bonds is 6. The molecule has 0 unspecified atom stereocenters. The fraction of sp³-hybridized carbons (Fsp3) is 0.500. The maximum Gasteiger partial charge on any atom is 0.194 e. The number of thiazole rings is 1. The van der Waals surface area contributed by atoms with Gasteiger partial charge < -0.3 is 19.9 Å². The molecule has 3 rings (SSSR count). The number of benzene rings is 1. The van der Waals surface area contributed by atoms with E-state index in [-0.39, 0.29) is 0 Å². The summed E-state index contributed by atoms with van der Waals surface area (Å²) >= 11 is 1.76. The molecule has 2 heterocycles. The van der Waals surface area contributed by atoms with E-state index >= 15 is 0 Å². The van der Waals surface area contributed by atoms with Gasteiger partial charge in [0.15, 0.2) is 5.96 Å². The standard InChI is InChI=1S/C20H29N5OS/c1-4-18-14-22-19(27-18)15-23-20(21-5-2)25-11-9-24(10-12-25)16-7-6-8-17(13-16)26-3/h6-8,13-14H,4-5,9-12,15H2,1-3H3,(H,21,23). The van der Waals surface area contributed by atoms with Gasteiger partial charge in [0.2, 0.25) is 0 Å². The topological polar surface area (TPSA) is 53.0 Å². The van der Waals surface area contributed by atoms with Crippen LogP contribution in [0, 0.1) is 0 Å². The Morgan fingerprint density at radius 3 is 2.74 bits per heavy atom. The van der Waals surface area contributed by atoms with Crippen LogP contribution in [0.5, 0.6) is 5.75 Å². The van der Waals surface area contributed by atoms with E-state index in [0.29, 0.717) is 6.54 Å². The van der Waals surface area contributed by atoms with Crippen molar-refractivity contribution in [1.82, 2.24) is 15.2 Å². The summed E-state index contributed by atoms with van der Waals surface area (Å²) < 4.78 is 5.35. The van der Waals surface area contributed by atoms with Crippen LogP contribution >= 0.6 is 11.3 Å². The summed E-state index contributed by atoms with van der Waals surface area (Å²) in [5, 5.41) is 4.51. The Bertz CT molecular complexity index is 752. The molecule has 1 saturated heterocycles. The SMILES string of the molecule is CCNC(=NCc1ncc(CC)s1)N1CCN(c2cccc(OC)c2)CC1. The molecular weight excluding hydrogens is 358 g/mol. The Labute approximate surface area is 165 Å². The average molecular weight is 388 g/mol. The fourth-order valence-corrected chi connectivity index (χ4v) is 3.92. The van der Waals surface area contributed by atoms with Crippen LogP contribution in [0.25, 0.3) is 0 Å². The van der Waals surface area contributed by atoms with Gasteiger partial charge in [-0.05, 0) is 25.5 Å². The molecule has 1 fully saturated rings. The molecule has 6 nitrogen and oxygen atoms in total. The van der Waals surface area contributed by atoms with E-state index < -0.39 is 0 Å². The van der Waals surface area contributed by atoms with Gasteiger partial charge in [0.1, 0.15) is 10.8 Å². The summed E-state index contributed by atoms with van der Waals surface area (Å²) in [6, 6.07) is 8.27. The third kappa shape index (κ3) is 5.13. The number of hydrogen-bond acceptors (Lipinski definition) is 5. The summed E-state index contributed by atoms with van der Waals surface area (Å²) in [7, 11) is 1.71. The zero-order valence-corrected chi connectivity index (χ0v) is 17.3. The van der Waals surface area contributed by atoms with Gasteiger partial charge >= 0.3 is 0 Å². The number of guanidine groups is 1. The van der Waals surface area contributed by atoms with E-state index in [0.717, 1.165) is 55.9 Å². The lowest BCUT2D eigenvalue weighted by Crippen LogP contribution is -2.52. The van der Waals surface area contributed by atoms with Crippen molar-refractivity contribution >= 4 is 23.0 Å². The Morgan fingerprint density at radius 2 is 2.07 bits per heavy atom. The minimum Gasteiger partial charge on any atom is -0.497 e. The lowest BCUT2D eigenvalue weighted by molar-refractivity contribution is 0.372. The van der Waals surface area contributed by atoms with Crippen molar-refractivity contribution in [2.75, 3.05) is 44.7 Å². The van der Waals surface area contributed by atoms with E-state index in [1.807, 2.05) is 18.3 Å². The molecule has 1 aliphatic rings. The Hall–Kier alpha value is -2.28. The number of hydrogen-bond donors (Lipinski definition) is 1. The second-order valence-corrected chi connectivity index (χ2v) is 7.62. The summed E-state index contributed by atoms with van der Waals surface area (Å²) in [6.07, 6.45) is 3.00. The maximum absolute atomic E-state index is 5.35. The second kappa shape index (κ2) is 9.60. The number of aromatic nitrogens is 1. The molecule has 0 bridgehead atoms. The van der Waals surface area contributed by atoms with Crippen molar-refractivity contribution in [3.05, 3.63) is 40.3 Å². The van der Waals surface area contributed by atoms with Crippen LogP contribution in [0.15, 0.2) is 35.5 Å². The minimum atomic E-state index is 0.642. The first-order valence-corrected chi connectivity index (χ1v) is 10.4. The molecule has 0 amide bonds. The zero-order chi connectivity index (χ0) is 19.1. The first kappa shape index (κ1) is 19.5. The molecule has 0 aliphatic carbocycles. The van der Waals surface area contributed by atoms with Crippen molar-refractivity contribution in [2.45, 2.75) is 26.8 Å². The lowest BCUT2D eigenvalue weighted by atomic mass is 10.2. The van der Waals surface area contributed by atoms with E-state index in [1.54, 1.807) is 18.4 Å². The molecule has 1 aliphatic heterocycles. The van der Waals surface area contributed by atoms with Crippen LogP contribution < -0.4 is 15.0 Å². The molecule has 0 spiro atoms. The van der Waals surface area contributed by atoms with Gasteiger partial charge in [-0.1, -0.05) is 13.0 Å². The smallest absolute Gasteiger partial charge is 0.194 e. The van der Waals surface area contributed by atoms with Crippen LogP contribution in [0.2, 0.25) is 0 Å². The number of methoxy groups -OCH3 is 1. The summed E-state index contributed by atoms with van der Waals surface area (Å²) in [4.78, 5) is 15.4. The molecule has 1 N–H and O–H groups in total. The molecule has 27 heavy (non-hydrogen) atoms. The number of aryl methyl sites for hydroxylation is 1. The van der Waals surface area contributed by atoms with Crippen LogP contribution in [-0.4, -0.2) is 55.7 Å². The zero-order valence-electron chi connectivity index (χ0n) is 16.4. The number of nitrogens with one attached hydrogen (secondary N) is 1. The molecular formula is C20H29N5OS. The third-order valence-electron chi connectivity index (χ3n) is 4.65. The van der Waals surface area contributed by atoms with E-state index in [4.69, 9.17) is 9.73 Å². The summed E-state index contributed by atoms with van der Waals surface area (Å²) in [6.45, 7) is 9.61. The highest BCUT2D eigenvalue weighted by molar-refractivity contribution is 7.11. The van der Waals surface area contributed by atoms with Gasteiger partial charge in [0.05, 0.1) is 13.7 Å². The van der Waals surface area contributed by atoms with E-state index in [9.17, 15) is 0 Å². The molecule has 0 radical (unpaired) electrons. The third-order valence-corrected chi connectivity index (χ3v) is 5.77. The van der Waals surface area contributed by atoms with E-state index in [2.05, 4.69) is 46.1 Å². The lowest BCUT2D eigenvalue weighted by Gasteiger charge is -2.37. The first-order chi connectivity index (χ1) is 13.2. The molecule has 0 atom stereocenters. The monoisotopic (exact) mass is 387 g/mol. The Kier molecular flexibility index (Phi) is 6.92. The molecule has 7 heteroatoms. The fourth-order valence-electron chi connectivity index (χ4n) is 3.14. The highest BCUT2D eigenvalue weighted by Gasteiger charge is 2.20. The van der Waals surface area contributed by atoms with Crippen molar-refractivity contribution < 1.29 is 4.74 Å². The molecule has 1 aromatic heterocycles. The van der Waals surface area contributed by atoms with Gasteiger partial charge in [-0.2, -0.15) is 0 Å².